The van der Waals surface area contributed by atoms with Gasteiger partial charge in [0, 0.05) is 12.1 Å². The molecule has 2 fully saturated rings. The van der Waals surface area contributed by atoms with E-state index >= 15 is 0 Å². The van der Waals surface area contributed by atoms with E-state index in [1.165, 1.54) is 4.57 Å². The van der Waals surface area contributed by atoms with Crippen LogP contribution >= 0.6 is 0 Å². The molecule has 25 heavy (non-hydrogen) atoms. The second-order valence-corrected chi connectivity index (χ2v) is 6.76. The zero-order valence-corrected chi connectivity index (χ0v) is 13.7. The third kappa shape index (κ3) is 3.17. The number of Topliss-reactive ketones (excluding diaryl/α,β-unsaturated/α-hetero) is 1. The molecule has 8 nitrogen and oxygen atoms in total. The normalized spacial score (nSPS) is 17.2. The summed E-state index contributed by atoms with van der Waals surface area (Å²) in [6.45, 7) is 0.574. The number of aromatic nitrogens is 2. The molecule has 0 saturated heterocycles. The van der Waals surface area contributed by atoms with E-state index in [1.807, 2.05) is 11.0 Å². The van der Waals surface area contributed by atoms with Crippen LogP contribution in [0.5, 0.6) is 0 Å². The van der Waals surface area contributed by atoms with Crippen LogP contribution in [-0.4, -0.2) is 32.8 Å². The van der Waals surface area contributed by atoms with Crippen LogP contribution in [0.25, 0.3) is 0 Å². The highest BCUT2D eigenvalue weighted by molar-refractivity contribution is 6.01. The van der Waals surface area contributed by atoms with Gasteiger partial charge in [-0.3, -0.25) is 24.0 Å². The summed E-state index contributed by atoms with van der Waals surface area (Å²) in [6.07, 6.45) is 5.28. The van der Waals surface area contributed by atoms with Crippen molar-refractivity contribution in [3.05, 3.63) is 50.6 Å². The van der Waals surface area contributed by atoms with Gasteiger partial charge in [-0.1, -0.05) is 0 Å². The van der Waals surface area contributed by atoms with Gasteiger partial charge in [-0.2, -0.15) is 0 Å². The van der Waals surface area contributed by atoms with Crippen molar-refractivity contribution in [3.63, 3.8) is 0 Å². The number of hydrogen-bond donors (Lipinski definition) is 2. The monoisotopic (exact) mass is 344 g/mol. The lowest BCUT2D eigenvalue weighted by Gasteiger charge is -2.20. The van der Waals surface area contributed by atoms with Crippen molar-refractivity contribution in [1.82, 2.24) is 14.5 Å². The van der Waals surface area contributed by atoms with Crippen LogP contribution in [0.4, 0.5) is 5.82 Å². The van der Waals surface area contributed by atoms with Gasteiger partial charge in [0.1, 0.15) is 17.1 Å². The zero-order valence-electron chi connectivity index (χ0n) is 13.7. The van der Waals surface area contributed by atoms with Crippen LogP contribution < -0.4 is 17.0 Å². The average Bonchev–Trinajstić information content (AvgIpc) is 3.47. The molecule has 2 aliphatic rings. The van der Waals surface area contributed by atoms with E-state index in [4.69, 9.17) is 10.2 Å². The van der Waals surface area contributed by atoms with E-state index in [2.05, 4.69) is 4.98 Å². The molecule has 0 atom stereocenters. The van der Waals surface area contributed by atoms with Gasteiger partial charge in [-0.25, -0.2) is 4.79 Å². The van der Waals surface area contributed by atoms with E-state index in [0.717, 1.165) is 31.4 Å². The molecule has 132 valence electrons. The Morgan fingerprint density at radius 1 is 1.32 bits per heavy atom. The van der Waals surface area contributed by atoms with Gasteiger partial charge >= 0.3 is 5.69 Å². The van der Waals surface area contributed by atoms with Crippen LogP contribution in [0.15, 0.2) is 32.4 Å². The number of carbonyl (C=O) groups excluding carboxylic acids is 1. The van der Waals surface area contributed by atoms with E-state index in [-0.39, 0.29) is 29.8 Å². The van der Waals surface area contributed by atoms with Gasteiger partial charge < -0.3 is 10.2 Å². The van der Waals surface area contributed by atoms with E-state index < -0.39 is 11.2 Å². The minimum Gasteiger partial charge on any atom is -0.468 e. The number of anilines is 1. The molecule has 4 rings (SSSR count). The molecule has 2 aromatic heterocycles. The first-order valence-corrected chi connectivity index (χ1v) is 8.48. The van der Waals surface area contributed by atoms with Crippen LogP contribution in [-0.2, 0) is 6.54 Å². The van der Waals surface area contributed by atoms with Crippen LogP contribution in [0.1, 0.15) is 47.8 Å². The quantitative estimate of drug-likeness (QED) is 0.721. The van der Waals surface area contributed by atoms with Gasteiger partial charge in [0.15, 0.2) is 5.78 Å². The third-order valence-electron chi connectivity index (χ3n) is 4.72. The Labute approximate surface area is 143 Å². The highest BCUT2D eigenvalue weighted by Gasteiger charge is 2.34. The summed E-state index contributed by atoms with van der Waals surface area (Å²) in [5.41, 5.74) is 4.65. The maximum Gasteiger partial charge on any atom is 0.330 e. The highest BCUT2D eigenvalue weighted by Crippen LogP contribution is 2.35. The lowest BCUT2D eigenvalue weighted by Crippen LogP contribution is -2.39. The Morgan fingerprint density at radius 3 is 2.68 bits per heavy atom. The number of nitrogens with two attached hydrogens (primary N) is 1. The van der Waals surface area contributed by atoms with Crippen molar-refractivity contribution in [1.29, 1.82) is 0 Å². The molecule has 0 aliphatic heterocycles. The number of nitrogen functional groups attached to an aromatic ring is 1. The van der Waals surface area contributed by atoms with Crippen molar-refractivity contribution in [3.8, 4) is 0 Å². The molecule has 2 aliphatic carbocycles. The summed E-state index contributed by atoms with van der Waals surface area (Å²) in [5.74, 6) is 0.381. The smallest absolute Gasteiger partial charge is 0.330 e. The molecule has 0 radical (unpaired) electrons. The summed E-state index contributed by atoms with van der Waals surface area (Å²) in [7, 11) is 0. The molecule has 3 N–H and O–H groups in total. The maximum atomic E-state index is 12.8. The van der Waals surface area contributed by atoms with Crippen molar-refractivity contribution in [2.24, 2.45) is 0 Å². The number of aromatic amines is 1. The molecular weight excluding hydrogens is 324 g/mol. The summed E-state index contributed by atoms with van der Waals surface area (Å²) in [4.78, 5) is 41.1. The minimum atomic E-state index is -0.710. The van der Waals surface area contributed by atoms with Crippen LogP contribution in [0.2, 0.25) is 0 Å². The molecule has 8 heteroatoms. The zero-order chi connectivity index (χ0) is 17.6. The molecule has 0 unspecified atom stereocenters. The predicted octanol–water partition coefficient (Wildman–Crippen LogP) is 0.894. The van der Waals surface area contributed by atoms with E-state index in [1.54, 1.807) is 12.3 Å². The number of hydrogen-bond acceptors (Lipinski definition) is 6. The fourth-order valence-corrected chi connectivity index (χ4v) is 3.15. The minimum absolute atomic E-state index is 0.0152. The topological polar surface area (TPSA) is 114 Å². The molecular formula is C17H20N4O4. The third-order valence-corrected chi connectivity index (χ3v) is 4.72. The second kappa shape index (κ2) is 6.03. The number of carbonyl (C=O) groups is 1. The standard InChI is InChI=1S/C17H20N4O4/c18-15-14(16(23)19-17(24)21(15)11-5-6-11)13(22)9-20(10-3-4-10)8-12-2-1-7-25-12/h1-2,7,10-11H,3-6,8-9,18H2,(H,19,23,24). The van der Waals surface area contributed by atoms with Gasteiger partial charge in [-0.05, 0) is 37.8 Å². The second-order valence-electron chi connectivity index (χ2n) is 6.76. The van der Waals surface area contributed by atoms with Crippen molar-refractivity contribution < 1.29 is 9.21 Å². The molecule has 0 spiro atoms. The van der Waals surface area contributed by atoms with Gasteiger partial charge in [0.25, 0.3) is 5.56 Å². The number of nitrogens with one attached hydrogen (secondary N) is 1. The molecule has 2 aromatic rings. The first-order chi connectivity index (χ1) is 12.0. The van der Waals surface area contributed by atoms with Crippen LogP contribution in [0.3, 0.4) is 0 Å². The molecule has 0 aromatic carbocycles. The van der Waals surface area contributed by atoms with E-state index in [9.17, 15) is 14.4 Å². The SMILES string of the molecule is Nc1c(C(=O)CN(Cc2ccco2)C2CC2)c(=O)[nH]c(=O)n1C1CC1. The lowest BCUT2D eigenvalue weighted by molar-refractivity contribution is 0.0912. The van der Waals surface area contributed by atoms with Gasteiger partial charge in [0.05, 0.1) is 19.4 Å². The summed E-state index contributed by atoms with van der Waals surface area (Å²) in [6, 6.07) is 3.95. The molecule has 0 bridgehead atoms. The molecule has 2 heterocycles. The molecule has 0 amide bonds. The average molecular weight is 344 g/mol. The fraction of sp³-hybridized carbons (Fsp3) is 0.471. The number of furan rings is 1. The largest absolute Gasteiger partial charge is 0.468 e. The molecule has 2 saturated carbocycles. The lowest BCUT2D eigenvalue weighted by atomic mass is 10.1. The van der Waals surface area contributed by atoms with E-state index in [0.29, 0.717) is 12.6 Å². The number of ketones is 1. The van der Waals surface area contributed by atoms with Crippen molar-refractivity contribution in [2.45, 2.75) is 44.3 Å². The van der Waals surface area contributed by atoms with Crippen LogP contribution in [0, 0.1) is 0 Å². The Bertz CT molecular complexity index is 904. The Morgan fingerprint density at radius 2 is 2.08 bits per heavy atom. The highest BCUT2D eigenvalue weighted by atomic mass is 16.3. The summed E-state index contributed by atoms with van der Waals surface area (Å²) < 4.78 is 6.70. The van der Waals surface area contributed by atoms with Crippen molar-refractivity contribution >= 4 is 11.6 Å². The predicted molar refractivity (Wildman–Crippen MR) is 90.5 cm³/mol. The number of nitrogens with zero attached hydrogens (tertiary/aromatic N) is 2. The number of H-pyrrole nitrogens is 1. The first kappa shape index (κ1) is 15.9. The maximum absolute atomic E-state index is 12.8. The van der Waals surface area contributed by atoms with Gasteiger partial charge in [-0.15, -0.1) is 0 Å². The number of rotatable bonds is 7. The summed E-state index contributed by atoms with van der Waals surface area (Å²) >= 11 is 0. The first-order valence-electron chi connectivity index (χ1n) is 8.48. The van der Waals surface area contributed by atoms with Gasteiger partial charge in [0.2, 0.25) is 0 Å². The Hall–Kier alpha value is -2.61. The Balaban J connectivity index is 1.61. The van der Waals surface area contributed by atoms with Crippen molar-refractivity contribution in [2.75, 3.05) is 12.3 Å². The Kier molecular flexibility index (Phi) is 3.84. The fourth-order valence-electron chi connectivity index (χ4n) is 3.15. The summed E-state index contributed by atoms with van der Waals surface area (Å²) in [5, 5.41) is 0.